The highest BCUT2D eigenvalue weighted by molar-refractivity contribution is 6.33. The molecule has 154 valence electrons. The van der Waals surface area contributed by atoms with E-state index in [9.17, 15) is 4.79 Å². The number of piperidine rings is 1. The van der Waals surface area contributed by atoms with E-state index in [1.807, 2.05) is 41.3 Å². The normalized spacial score (nSPS) is 19.3. The van der Waals surface area contributed by atoms with Crippen molar-refractivity contribution in [3.05, 3.63) is 53.1 Å². The van der Waals surface area contributed by atoms with Gasteiger partial charge in [-0.25, -0.2) is 4.79 Å². The highest BCUT2D eigenvalue weighted by atomic mass is 35.5. The molecule has 0 spiro atoms. The first-order valence-electron chi connectivity index (χ1n) is 10.4. The molecule has 5 nitrogen and oxygen atoms in total. The summed E-state index contributed by atoms with van der Waals surface area (Å²) < 4.78 is 5.34. The molecule has 2 amide bonds. The van der Waals surface area contributed by atoms with Gasteiger partial charge in [0.15, 0.2) is 0 Å². The van der Waals surface area contributed by atoms with Gasteiger partial charge in [-0.1, -0.05) is 23.7 Å². The Labute approximate surface area is 177 Å². The molecule has 29 heavy (non-hydrogen) atoms. The van der Waals surface area contributed by atoms with Crippen LogP contribution in [0, 0.1) is 0 Å². The predicted octanol–water partition coefficient (Wildman–Crippen LogP) is 5.71. The molecule has 1 N–H and O–H groups in total. The first-order chi connectivity index (χ1) is 14.2. The van der Waals surface area contributed by atoms with Gasteiger partial charge in [-0.15, -0.1) is 0 Å². The second-order valence-corrected chi connectivity index (χ2v) is 8.18. The molecular weight excluding hydrogens is 386 g/mol. The summed E-state index contributed by atoms with van der Waals surface area (Å²) >= 11 is 6.54. The van der Waals surface area contributed by atoms with E-state index in [4.69, 9.17) is 16.3 Å². The van der Waals surface area contributed by atoms with Crippen LogP contribution < -0.4 is 15.0 Å². The Morgan fingerprint density at radius 1 is 1.07 bits per heavy atom. The third-order valence-corrected chi connectivity index (χ3v) is 6.19. The Bertz CT molecular complexity index is 867. The fourth-order valence-electron chi connectivity index (χ4n) is 4.38. The molecule has 2 heterocycles. The minimum Gasteiger partial charge on any atom is -0.497 e. The van der Waals surface area contributed by atoms with Crippen LogP contribution in [0.4, 0.5) is 16.2 Å². The molecule has 6 heteroatoms. The minimum absolute atomic E-state index is 0.0631. The standard InChI is InChI=1S/C23H28ClN3O2/c1-29-19-8-5-7-17(15-19)21-9-6-14-27(21)23(28)25-18-10-11-22(20(24)16-18)26-12-3-2-4-13-26/h5,7-8,10-11,15-16,21H,2-4,6,9,12-14H2,1H3,(H,25,28). The van der Waals surface area contributed by atoms with Crippen molar-refractivity contribution >= 4 is 29.0 Å². The lowest BCUT2D eigenvalue weighted by Crippen LogP contribution is -2.34. The van der Waals surface area contributed by atoms with Gasteiger partial charge in [0.1, 0.15) is 5.75 Å². The van der Waals surface area contributed by atoms with Gasteiger partial charge in [0, 0.05) is 25.3 Å². The maximum Gasteiger partial charge on any atom is 0.322 e. The van der Waals surface area contributed by atoms with Crippen molar-refractivity contribution in [2.75, 3.05) is 37.0 Å². The molecule has 2 fully saturated rings. The molecule has 2 aromatic carbocycles. The zero-order chi connectivity index (χ0) is 20.2. The smallest absolute Gasteiger partial charge is 0.322 e. The van der Waals surface area contributed by atoms with Gasteiger partial charge in [0.2, 0.25) is 0 Å². The lowest BCUT2D eigenvalue weighted by Gasteiger charge is -2.30. The molecule has 1 atom stereocenters. The number of nitrogens with zero attached hydrogens (tertiary/aromatic N) is 2. The molecule has 0 saturated carbocycles. The van der Waals surface area contributed by atoms with E-state index < -0.39 is 0 Å². The molecule has 0 bridgehead atoms. The number of hydrogen-bond donors (Lipinski definition) is 1. The van der Waals surface area contributed by atoms with Crippen LogP contribution in [0.3, 0.4) is 0 Å². The Hall–Kier alpha value is -2.40. The molecule has 2 aliphatic heterocycles. The molecule has 2 aliphatic rings. The number of carbonyl (C=O) groups is 1. The summed E-state index contributed by atoms with van der Waals surface area (Å²) in [6.45, 7) is 2.83. The maximum absolute atomic E-state index is 13.0. The number of ether oxygens (including phenoxy) is 1. The minimum atomic E-state index is -0.0860. The Morgan fingerprint density at radius 2 is 1.90 bits per heavy atom. The summed E-state index contributed by atoms with van der Waals surface area (Å²) in [6, 6.07) is 13.8. The van der Waals surface area contributed by atoms with Crippen LogP contribution in [0.15, 0.2) is 42.5 Å². The van der Waals surface area contributed by atoms with Gasteiger partial charge in [0.05, 0.1) is 23.9 Å². The van der Waals surface area contributed by atoms with Crippen LogP contribution in [0.25, 0.3) is 0 Å². The zero-order valence-electron chi connectivity index (χ0n) is 16.9. The number of amides is 2. The van der Waals surface area contributed by atoms with Gasteiger partial charge in [-0.3, -0.25) is 0 Å². The molecule has 2 aromatic rings. The Morgan fingerprint density at radius 3 is 2.66 bits per heavy atom. The fourth-order valence-corrected chi connectivity index (χ4v) is 4.68. The van der Waals surface area contributed by atoms with E-state index in [0.717, 1.165) is 55.2 Å². The van der Waals surface area contributed by atoms with E-state index in [-0.39, 0.29) is 12.1 Å². The number of nitrogens with one attached hydrogen (secondary N) is 1. The largest absolute Gasteiger partial charge is 0.497 e. The number of urea groups is 1. The molecule has 4 rings (SSSR count). The zero-order valence-corrected chi connectivity index (χ0v) is 17.6. The second-order valence-electron chi connectivity index (χ2n) is 7.77. The molecule has 0 radical (unpaired) electrons. The van der Waals surface area contributed by atoms with E-state index >= 15 is 0 Å². The highest BCUT2D eigenvalue weighted by Crippen LogP contribution is 2.35. The maximum atomic E-state index is 13.0. The van der Waals surface area contributed by atoms with Crippen LogP contribution in [-0.4, -0.2) is 37.7 Å². The summed E-state index contributed by atoms with van der Waals surface area (Å²) in [5, 5.41) is 3.73. The summed E-state index contributed by atoms with van der Waals surface area (Å²) in [5.74, 6) is 0.815. The van der Waals surface area contributed by atoms with Crippen molar-refractivity contribution in [3.63, 3.8) is 0 Å². The molecule has 1 unspecified atom stereocenters. The van der Waals surface area contributed by atoms with Crippen LogP contribution in [0.2, 0.25) is 5.02 Å². The summed E-state index contributed by atoms with van der Waals surface area (Å²) in [7, 11) is 1.66. The molecule has 2 saturated heterocycles. The van der Waals surface area contributed by atoms with Crippen LogP contribution in [0.5, 0.6) is 5.75 Å². The van der Waals surface area contributed by atoms with E-state index in [1.165, 1.54) is 19.3 Å². The SMILES string of the molecule is COc1cccc(C2CCCN2C(=O)Nc2ccc(N3CCCCC3)c(Cl)c2)c1. The monoisotopic (exact) mass is 413 g/mol. The predicted molar refractivity (Wildman–Crippen MR) is 118 cm³/mol. The topological polar surface area (TPSA) is 44.8 Å². The molecule has 0 aliphatic carbocycles. The molecule has 0 aromatic heterocycles. The van der Waals surface area contributed by atoms with Crippen molar-refractivity contribution < 1.29 is 9.53 Å². The summed E-state index contributed by atoms with van der Waals surface area (Å²) in [4.78, 5) is 17.2. The number of halogens is 1. The first kappa shape index (κ1) is 19.9. The van der Waals surface area contributed by atoms with Crippen LogP contribution >= 0.6 is 11.6 Å². The van der Waals surface area contributed by atoms with Crippen LogP contribution in [0.1, 0.15) is 43.7 Å². The van der Waals surface area contributed by atoms with Gasteiger partial charge in [-0.05, 0) is 68.0 Å². The average Bonchev–Trinajstić information content (AvgIpc) is 3.25. The summed E-state index contributed by atoms with van der Waals surface area (Å²) in [6.07, 6.45) is 5.64. The van der Waals surface area contributed by atoms with Crippen molar-refractivity contribution in [2.24, 2.45) is 0 Å². The fraction of sp³-hybridized carbons (Fsp3) is 0.435. The Balaban J connectivity index is 1.46. The number of methoxy groups -OCH3 is 1. The molecular formula is C23H28ClN3O2. The van der Waals surface area contributed by atoms with Crippen molar-refractivity contribution in [1.29, 1.82) is 0 Å². The van der Waals surface area contributed by atoms with Crippen molar-refractivity contribution in [3.8, 4) is 5.75 Å². The second kappa shape index (κ2) is 8.95. The number of anilines is 2. The average molecular weight is 414 g/mol. The lowest BCUT2D eigenvalue weighted by molar-refractivity contribution is 0.207. The number of likely N-dealkylation sites (tertiary alicyclic amines) is 1. The first-order valence-corrected chi connectivity index (χ1v) is 10.8. The highest BCUT2D eigenvalue weighted by Gasteiger charge is 2.30. The van der Waals surface area contributed by atoms with Gasteiger partial charge in [-0.2, -0.15) is 0 Å². The van der Waals surface area contributed by atoms with Crippen molar-refractivity contribution in [2.45, 2.75) is 38.1 Å². The number of hydrogen-bond acceptors (Lipinski definition) is 3. The number of rotatable bonds is 4. The van der Waals surface area contributed by atoms with E-state index in [0.29, 0.717) is 5.02 Å². The summed E-state index contributed by atoms with van der Waals surface area (Å²) in [5.41, 5.74) is 2.90. The Kier molecular flexibility index (Phi) is 6.14. The lowest BCUT2D eigenvalue weighted by atomic mass is 10.0. The number of carbonyl (C=O) groups excluding carboxylic acids is 1. The quantitative estimate of drug-likeness (QED) is 0.698. The van der Waals surface area contributed by atoms with Gasteiger partial charge >= 0.3 is 6.03 Å². The van der Waals surface area contributed by atoms with E-state index in [2.05, 4.69) is 16.3 Å². The van der Waals surface area contributed by atoms with Crippen LogP contribution in [-0.2, 0) is 0 Å². The third kappa shape index (κ3) is 4.45. The van der Waals surface area contributed by atoms with E-state index in [1.54, 1.807) is 7.11 Å². The van der Waals surface area contributed by atoms with Crippen molar-refractivity contribution in [1.82, 2.24) is 4.90 Å². The van der Waals surface area contributed by atoms with Gasteiger partial charge < -0.3 is 19.9 Å². The van der Waals surface area contributed by atoms with Gasteiger partial charge in [0.25, 0.3) is 0 Å². The third-order valence-electron chi connectivity index (χ3n) is 5.89. The number of benzene rings is 2.